The Bertz CT molecular complexity index is 677. The molecule has 2 rings (SSSR count). The number of carbonyl (C=O) groups is 2. The van der Waals surface area contributed by atoms with E-state index in [2.05, 4.69) is 4.98 Å². The number of likely N-dealkylation sites (tertiary alicyclic amines) is 1. The number of hydrogen-bond acceptors (Lipinski definition) is 4. The maximum atomic E-state index is 14.2. The van der Waals surface area contributed by atoms with Crippen molar-refractivity contribution >= 4 is 23.7 Å². The summed E-state index contributed by atoms with van der Waals surface area (Å²) in [5.74, 6) is -2.62. The Morgan fingerprint density at radius 2 is 2.12 bits per heavy atom. The summed E-state index contributed by atoms with van der Waals surface area (Å²) in [6, 6.07) is 1.09. The first-order valence-electron chi connectivity index (χ1n) is 7.46. The molecule has 2 heterocycles. The third-order valence-corrected chi connectivity index (χ3v) is 4.20. The Kier molecular flexibility index (Phi) is 4.77. The SMILES string of the molecule is CC(C)(C)OC(=O)N1CC(c2ncc(Cl)cc2F)C(C)(C(=O)O)C1. The highest BCUT2D eigenvalue weighted by molar-refractivity contribution is 6.30. The number of aromatic nitrogens is 1. The molecular formula is C16H20ClFN2O4. The molecule has 6 nitrogen and oxygen atoms in total. The van der Waals surface area contributed by atoms with E-state index in [1.54, 1.807) is 20.8 Å². The molecule has 0 aromatic carbocycles. The van der Waals surface area contributed by atoms with E-state index in [-0.39, 0.29) is 23.8 Å². The fourth-order valence-electron chi connectivity index (χ4n) is 2.75. The van der Waals surface area contributed by atoms with Crippen molar-refractivity contribution in [2.24, 2.45) is 5.41 Å². The van der Waals surface area contributed by atoms with Gasteiger partial charge in [0.15, 0.2) is 0 Å². The number of rotatable bonds is 2. The van der Waals surface area contributed by atoms with Crippen molar-refractivity contribution in [3.63, 3.8) is 0 Å². The van der Waals surface area contributed by atoms with Crippen LogP contribution in [0, 0.1) is 11.2 Å². The van der Waals surface area contributed by atoms with Crippen LogP contribution in [0.5, 0.6) is 0 Å². The normalized spacial score (nSPS) is 24.1. The topological polar surface area (TPSA) is 79.7 Å². The average molecular weight is 359 g/mol. The van der Waals surface area contributed by atoms with Gasteiger partial charge in [0.2, 0.25) is 0 Å². The van der Waals surface area contributed by atoms with Gasteiger partial charge in [0.1, 0.15) is 11.4 Å². The first-order valence-corrected chi connectivity index (χ1v) is 7.84. The second-order valence-corrected chi connectivity index (χ2v) is 7.59. The predicted molar refractivity (Wildman–Crippen MR) is 85.5 cm³/mol. The number of nitrogens with zero attached hydrogens (tertiary/aromatic N) is 2. The molecule has 0 aliphatic carbocycles. The monoisotopic (exact) mass is 358 g/mol. The lowest BCUT2D eigenvalue weighted by Gasteiger charge is -2.26. The number of carboxylic acid groups (broad SMARTS) is 1. The maximum absolute atomic E-state index is 14.2. The standard InChI is InChI=1S/C16H20ClFN2O4/c1-15(2,3)24-14(23)20-7-10(16(4,8-20)13(21)22)12-11(18)5-9(17)6-19-12/h5-6,10H,7-8H2,1-4H3,(H,21,22). The molecule has 24 heavy (non-hydrogen) atoms. The van der Waals surface area contributed by atoms with Crippen LogP contribution in [0.3, 0.4) is 0 Å². The van der Waals surface area contributed by atoms with Crippen LogP contribution >= 0.6 is 11.6 Å². The largest absolute Gasteiger partial charge is 0.481 e. The molecule has 1 aliphatic heterocycles. The van der Waals surface area contributed by atoms with Gasteiger partial charge in [0.05, 0.1) is 16.1 Å². The number of aliphatic carboxylic acids is 1. The zero-order valence-electron chi connectivity index (χ0n) is 14.0. The average Bonchev–Trinajstić information content (AvgIpc) is 2.76. The molecule has 2 atom stereocenters. The Hall–Kier alpha value is -1.89. The van der Waals surface area contributed by atoms with Crippen LogP contribution < -0.4 is 0 Å². The smallest absolute Gasteiger partial charge is 0.410 e. The second kappa shape index (κ2) is 6.20. The lowest BCUT2D eigenvalue weighted by molar-refractivity contribution is -0.147. The van der Waals surface area contributed by atoms with E-state index in [1.165, 1.54) is 18.0 Å². The van der Waals surface area contributed by atoms with Crippen molar-refractivity contribution < 1.29 is 23.8 Å². The Balaban J connectivity index is 2.36. The number of ether oxygens (including phenoxy) is 1. The number of pyridine rings is 1. The molecular weight excluding hydrogens is 339 g/mol. The van der Waals surface area contributed by atoms with Crippen molar-refractivity contribution in [1.82, 2.24) is 9.88 Å². The van der Waals surface area contributed by atoms with Gasteiger partial charge in [0.25, 0.3) is 0 Å². The van der Waals surface area contributed by atoms with Crippen LogP contribution in [-0.4, -0.2) is 45.7 Å². The van der Waals surface area contributed by atoms with Gasteiger partial charge in [0, 0.05) is 25.2 Å². The highest BCUT2D eigenvalue weighted by Crippen LogP contribution is 2.43. The van der Waals surface area contributed by atoms with Gasteiger partial charge in [-0.25, -0.2) is 9.18 Å². The molecule has 1 aromatic rings. The lowest BCUT2D eigenvalue weighted by atomic mass is 9.78. The first-order chi connectivity index (χ1) is 10.9. The second-order valence-electron chi connectivity index (χ2n) is 7.16. The Labute approximate surface area is 144 Å². The number of carbonyl (C=O) groups excluding carboxylic acids is 1. The molecule has 0 bridgehead atoms. The third-order valence-electron chi connectivity index (χ3n) is 4.00. The van der Waals surface area contributed by atoms with Gasteiger partial charge >= 0.3 is 12.1 Å². The fourth-order valence-corrected chi connectivity index (χ4v) is 2.89. The summed E-state index contributed by atoms with van der Waals surface area (Å²) < 4.78 is 19.5. The van der Waals surface area contributed by atoms with E-state index >= 15 is 0 Å². The van der Waals surface area contributed by atoms with Crippen molar-refractivity contribution in [2.75, 3.05) is 13.1 Å². The van der Waals surface area contributed by atoms with Gasteiger partial charge in [-0.2, -0.15) is 0 Å². The van der Waals surface area contributed by atoms with E-state index in [0.717, 1.165) is 6.07 Å². The van der Waals surface area contributed by atoms with Crippen LogP contribution in [-0.2, 0) is 9.53 Å². The summed E-state index contributed by atoms with van der Waals surface area (Å²) in [5, 5.41) is 9.75. The van der Waals surface area contributed by atoms with E-state index in [0.29, 0.717) is 0 Å². The van der Waals surface area contributed by atoms with Gasteiger partial charge in [-0.05, 0) is 33.8 Å². The molecule has 0 spiro atoms. The maximum Gasteiger partial charge on any atom is 0.410 e. The third kappa shape index (κ3) is 3.61. The van der Waals surface area contributed by atoms with Crippen LogP contribution in [0.25, 0.3) is 0 Å². The quantitative estimate of drug-likeness (QED) is 0.877. The molecule has 1 aromatic heterocycles. The highest BCUT2D eigenvalue weighted by Gasteiger charge is 2.53. The summed E-state index contributed by atoms with van der Waals surface area (Å²) >= 11 is 5.71. The number of amides is 1. The van der Waals surface area contributed by atoms with Crippen LogP contribution in [0.15, 0.2) is 12.3 Å². The number of hydrogen-bond donors (Lipinski definition) is 1. The molecule has 0 saturated carbocycles. The van der Waals surface area contributed by atoms with Crippen molar-refractivity contribution in [3.05, 3.63) is 28.8 Å². The van der Waals surface area contributed by atoms with E-state index < -0.39 is 34.8 Å². The molecule has 1 amide bonds. The van der Waals surface area contributed by atoms with E-state index in [4.69, 9.17) is 16.3 Å². The van der Waals surface area contributed by atoms with Gasteiger partial charge in [-0.1, -0.05) is 11.6 Å². The molecule has 2 unspecified atom stereocenters. The highest BCUT2D eigenvalue weighted by atomic mass is 35.5. The molecule has 1 fully saturated rings. The number of carboxylic acids is 1. The van der Waals surface area contributed by atoms with Crippen molar-refractivity contribution in [3.8, 4) is 0 Å². The Morgan fingerprint density at radius 3 is 2.62 bits per heavy atom. The minimum atomic E-state index is -1.38. The zero-order valence-corrected chi connectivity index (χ0v) is 14.7. The fraction of sp³-hybridized carbons (Fsp3) is 0.562. The first kappa shape index (κ1) is 18.4. The van der Waals surface area contributed by atoms with Crippen molar-refractivity contribution in [2.45, 2.75) is 39.2 Å². The van der Waals surface area contributed by atoms with Crippen molar-refractivity contribution in [1.29, 1.82) is 0 Å². The minimum absolute atomic E-state index is 0.00324. The summed E-state index contributed by atoms with van der Waals surface area (Å²) in [6.07, 6.45) is 0.630. The summed E-state index contributed by atoms with van der Waals surface area (Å²) in [4.78, 5) is 29.3. The summed E-state index contributed by atoms with van der Waals surface area (Å²) in [7, 11) is 0. The van der Waals surface area contributed by atoms with E-state index in [1.807, 2.05) is 0 Å². The minimum Gasteiger partial charge on any atom is -0.481 e. The zero-order chi connectivity index (χ0) is 18.3. The molecule has 8 heteroatoms. The number of halogens is 2. The summed E-state index contributed by atoms with van der Waals surface area (Å²) in [6.45, 7) is 6.54. The van der Waals surface area contributed by atoms with Gasteiger partial charge in [-0.3, -0.25) is 9.78 Å². The Morgan fingerprint density at radius 1 is 1.50 bits per heavy atom. The predicted octanol–water partition coefficient (Wildman–Crippen LogP) is 3.30. The lowest BCUT2D eigenvalue weighted by Crippen LogP contribution is -2.38. The molecule has 0 radical (unpaired) electrons. The van der Waals surface area contributed by atoms with Gasteiger partial charge < -0.3 is 14.7 Å². The molecule has 132 valence electrons. The van der Waals surface area contributed by atoms with Gasteiger partial charge in [-0.15, -0.1) is 0 Å². The van der Waals surface area contributed by atoms with Crippen LogP contribution in [0.4, 0.5) is 9.18 Å². The molecule has 1 N–H and O–H groups in total. The van der Waals surface area contributed by atoms with E-state index in [9.17, 15) is 19.1 Å². The van der Waals surface area contributed by atoms with Crippen LogP contribution in [0.1, 0.15) is 39.3 Å². The van der Waals surface area contributed by atoms with Crippen LogP contribution in [0.2, 0.25) is 5.02 Å². The molecule has 1 saturated heterocycles. The molecule has 1 aliphatic rings. The summed E-state index contributed by atoms with van der Waals surface area (Å²) in [5.41, 5.74) is -2.10.